The normalized spacial score (nSPS) is 11.2. The number of benzene rings is 2. The molecule has 0 saturated carbocycles. The molecule has 0 atom stereocenters. The van der Waals surface area contributed by atoms with Gasteiger partial charge in [-0.15, -0.1) is 22.7 Å². The van der Waals surface area contributed by atoms with Gasteiger partial charge in [0.1, 0.15) is 0 Å². The van der Waals surface area contributed by atoms with Crippen LogP contribution in [0.1, 0.15) is 9.67 Å². The van der Waals surface area contributed by atoms with Crippen LogP contribution in [-0.4, -0.2) is 15.3 Å². The van der Waals surface area contributed by atoms with Crippen molar-refractivity contribution in [1.29, 1.82) is 0 Å². The molecule has 0 unspecified atom stereocenters. The molecule has 0 aliphatic carbocycles. The molecule has 26 heavy (non-hydrogen) atoms. The minimum Gasteiger partial charge on any atom is -0.321 e. The molecule has 1 amide bonds. The van der Waals surface area contributed by atoms with Gasteiger partial charge in [0.05, 0.1) is 10.6 Å². The van der Waals surface area contributed by atoms with Gasteiger partial charge in [0.15, 0.2) is 4.96 Å². The zero-order chi connectivity index (χ0) is 17.5. The van der Waals surface area contributed by atoms with E-state index in [1.54, 1.807) is 11.3 Å². The SMILES string of the molecule is O=C(Nc1ccc(-c2cn3ccsc3n2)cc1)c1cc2ccccc2s1. The zero-order valence-electron chi connectivity index (χ0n) is 13.5. The first kappa shape index (κ1) is 15.3. The Morgan fingerprint density at radius 3 is 2.73 bits per heavy atom. The fourth-order valence-electron chi connectivity index (χ4n) is 2.88. The van der Waals surface area contributed by atoms with E-state index in [0.29, 0.717) is 4.88 Å². The number of hydrogen-bond donors (Lipinski definition) is 1. The number of thiazole rings is 1. The third-order valence-corrected chi connectivity index (χ3v) is 6.07. The Morgan fingerprint density at radius 2 is 1.92 bits per heavy atom. The van der Waals surface area contributed by atoms with Crippen LogP contribution in [0.5, 0.6) is 0 Å². The number of amides is 1. The molecular weight excluding hydrogens is 362 g/mol. The quantitative estimate of drug-likeness (QED) is 0.451. The molecule has 0 fully saturated rings. The topological polar surface area (TPSA) is 46.4 Å². The Labute approximate surface area is 157 Å². The summed E-state index contributed by atoms with van der Waals surface area (Å²) in [4.78, 5) is 18.8. The fourth-order valence-corrected chi connectivity index (χ4v) is 4.54. The van der Waals surface area contributed by atoms with Crippen LogP contribution in [0, 0.1) is 0 Å². The van der Waals surface area contributed by atoms with Gasteiger partial charge in [-0.25, -0.2) is 4.98 Å². The van der Waals surface area contributed by atoms with Crippen LogP contribution in [0.2, 0.25) is 0 Å². The Balaban J connectivity index is 1.37. The van der Waals surface area contributed by atoms with Crippen LogP contribution in [0.15, 0.2) is 72.4 Å². The summed E-state index contributed by atoms with van der Waals surface area (Å²) in [5.74, 6) is -0.0820. The Bertz CT molecular complexity index is 1170. The first-order chi connectivity index (χ1) is 12.8. The summed E-state index contributed by atoms with van der Waals surface area (Å²) in [7, 11) is 0. The number of hydrogen-bond acceptors (Lipinski definition) is 4. The van der Waals surface area contributed by atoms with E-state index in [-0.39, 0.29) is 5.91 Å². The summed E-state index contributed by atoms with van der Waals surface area (Å²) in [5, 5.41) is 6.08. The summed E-state index contributed by atoms with van der Waals surface area (Å²) in [6.45, 7) is 0. The molecule has 5 rings (SSSR count). The largest absolute Gasteiger partial charge is 0.321 e. The molecule has 0 aliphatic rings. The minimum absolute atomic E-state index is 0.0820. The lowest BCUT2D eigenvalue weighted by Gasteiger charge is -2.04. The number of nitrogens with one attached hydrogen (secondary N) is 1. The monoisotopic (exact) mass is 375 g/mol. The molecule has 2 aromatic carbocycles. The predicted octanol–water partition coefficient (Wildman–Crippen LogP) is 5.53. The van der Waals surface area contributed by atoms with Crippen molar-refractivity contribution < 1.29 is 4.79 Å². The highest BCUT2D eigenvalue weighted by molar-refractivity contribution is 7.20. The number of thiophene rings is 1. The van der Waals surface area contributed by atoms with Gasteiger partial charge >= 0.3 is 0 Å². The van der Waals surface area contributed by atoms with E-state index in [4.69, 9.17) is 0 Å². The van der Waals surface area contributed by atoms with Crippen LogP contribution in [-0.2, 0) is 0 Å². The fraction of sp³-hybridized carbons (Fsp3) is 0. The molecule has 0 aliphatic heterocycles. The lowest BCUT2D eigenvalue weighted by molar-refractivity contribution is 0.103. The van der Waals surface area contributed by atoms with Gasteiger partial charge in [-0.3, -0.25) is 9.20 Å². The van der Waals surface area contributed by atoms with Crippen molar-refractivity contribution >= 4 is 49.3 Å². The molecule has 6 heteroatoms. The van der Waals surface area contributed by atoms with Crippen molar-refractivity contribution in [1.82, 2.24) is 9.38 Å². The highest BCUT2D eigenvalue weighted by atomic mass is 32.1. The number of imidazole rings is 1. The summed E-state index contributed by atoms with van der Waals surface area (Å²) < 4.78 is 3.13. The maximum Gasteiger partial charge on any atom is 0.265 e. The van der Waals surface area contributed by atoms with E-state index >= 15 is 0 Å². The van der Waals surface area contributed by atoms with Gasteiger partial charge in [0.2, 0.25) is 0 Å². The van der Waals surface area contributed by atoms with Crippen LogP contribution in [0.4, 0.5) is 5.69 Å². The molecule has 0 bridgehead atoms. The Kier molecular flexibility index (Phi) is 3.58. The molecule has 126 valence electrons. The number of rotatable bonds is 3. The van der Waals surface area contributed by atoms with Gasteiger partial charge in [0, 0.05) is 33.7 Å². The zero-order valence-corrected chi connectivity index (χ0v) is 15.2. The minimum atomic E-state index is -0.0820. The summed E-state index contributed by atoms with van der Waals surface area (Å²) >= 11 is 3.11. The lowest BCUT2D eigenvalue weighted by Crippen LogP contribution is -2.09. The van der Waals surface area contributed by atoms with Crippen LogP contribution in [0.25, 0.3) is 26.3 Å². The van der Waals surface area contributed by atoms with E-state index in [1.807, 2.05) is 76.8 Å². The smallest absolute Gasteiger partial charge is 0.265 e. The number of carbonyl (C=O) groups is 1. The predicted molar refractivity (Wildman–Crippen MR) is 108 cm³/mol. The van der Waals surface area contributed by atoms with Crippen molar-refractivity contribution in [2.45, 2.75) is 0 Å². The standard InChI is InChI=1S/C20H13N3OS2/c24-19(18-11-14-3-1-2-4-17(14)26-18)21-15-7-5-13(6-8-15)16-12-23-9-10-25-20(23)22-16/h1-12H,(H,21,24). The van der Waals surface area contributed by atoms with Gasteiger partial charge in [-0.1, -0.05) is 30.3 Å². The van der Waals surface area contributed by atoms with E-state index < -0.39 is 0 Å². The molecule has 4 nitrogen and oxygen atoms in total. The third-order valence-electron chi connectivity index (χ3n) is 4.18. The first-order valence-electron chi connectivity index (χ1n) is 8.09. The Hall–Kier alpha value is -2.96. The molecule has 0 spiro atoms. The second kappa shape index (κ2) is 6.09. The molecule has 3 aromatic heterocycles. The van der Waals surface area contributed by atoms with Crippen LogP contribution < -0.4 is 5.32 Å². The van der Waals surface area contributed by atoms with E-state index in [1.165, 1.54) is 11.3 Å². The highest BCUT2D eigenvalue weighted by Gasteiger charge is 2.11. The first-order valence-corrected chi connectivity index (χ1v) is 9.78. The van der Waals surface area contributed by atoms with E-state index in [9.17, 15) is 4.79 Å². The molecule has 5 aromatic rings. The maximum absolute atomic E-state index is 12.5. The van der Waals surface area contributed by atoms with E-state index in [0.717, 1.165) is 32.0 Å². The second-order valence-corrected chi connectivity index (χ2v) is 7.86. The van der Waals surface area contributed by atoms with Crippen molar-refractivity contribution in [3.05, 3.63) is 77.2 Å². The number of anilines is 1. The molecule has 1 N–H and O–H groups in total. The average molecular weight is 375 g/mol. The van der Waals surface area contributed by atoms with Crippen molar-refractivity contribution in [2.75, 3.05) is 5.32 Å². The lowest BCUT2D eigenvalue weighted by atomic mass is 10.1. The summed E-state index contributed by atoms with van der Waals surface area (Å²) in [6.07, 6.45) is 4.01. The number of fused-ring (bicyclic) bond motifs is 2. The van der Waals surface area contributed by atoms with Crippen molar-refractivity contribution in [3.63, 3.8) is 0 Å². The number of aromatic nitrogens is 2. The average Bonchev–Trinajstić information content (AvgIpc) is 3.36. The van der Waals surface area contributed by atoms with Crippen molar-refractivity contribution in [2.24, 2.45) is 0 Å². The number of carbonyl (C=O) groups excluding carboxylic acids is 1. The summed E-state index contributed by atoms with van der Waals surface area (Å²) in [6, 6.07) is 17.7. The summed E-state index contributed by atoms with van der Waals surface area (Å²) in [5.41, 5.74) is 2.73. The van der Waals surface area contributed by atoms with Gasteiger partial charge < -0.3 is 5.32 Å². The van der Waals surface area contributed by atoms with Gasteiger partial charge in [-0.2, -0.15) is 0 Å². The number of nitrogens with zero attached hydrogens (tertiary/aromatic N) is 2. The second-order valence-electron chi connectivity index (χ2n) is 5.90. The van der Waals surface area contributed by atoms with Crippen molar-refractivity contribution in [3.8, 4) is 11.3 Å². The Morgan fingerprint density at radius 1 is 1.08 bits per heavy atom. The third kappa shape index (κ3) is 2.69. The van der Waals surface area contributed by atoms with E-state index in [2.05, 4.69) is 10.3 Å². The van der Waals surface area contributed by atoms with Gasteiger partial charge in [-0.05, 0) is 29.7 Å². The molecule has 0 saturated heterocycles. The maximum atomic E-state index is 12.5. The highest BCUT2D eigenvalue weighted by Crippen LogP contribution is 2.27. The molecule has 0 radical (unpaired) electrons. The van der Waals surface area contributed by atoms with Gasteiger partial charge in [0.25, 0.3) is 5.91 Å². The van der Waals surface area contributed by atoms with Crippen LogP contribution >= 0.6 is 22.7 Å². The molecular formula is C20H13N3OS2. The molecule has 3 heterocycles. The van der Waals surface area contributed by atoms with Crippen LogP contribution in [0.3, 0.4) is 0 Å².